The van der Waals surface area contributed by atoms with Gasteiger partial charge in [-0.3, -0.25) is 9.48 Å². The molecule has 8 nitrogen and oxygen atoms in total. The van der Waals surface area contributed by atoms with E-state index >= 15 is 0 Å². The molecule has 1 saturated heterocycles. The molecule has 1 amide bonds. The van der Waals surface area contributed by atoms with Gasteiger partial charge in [0.15, 0.2) is 11.4 Å². The first-order valence-corrected chi connectivity index (χ1v) is 11.7. The van der Waals surface area contributed by atoms with E-state index in [0.29, 0.717) is 22.7 Å². The summed E-state index contributed by atoms with van der Waals surface area (Å²) in [7, 11) is 1.83. The number of anilines is 2. The number of pyridine rings is 1. The standard InChI is InChI=1S/C26H30N6O2/c1-5-31-10-12-32(13-11-31)19-8-9-21(17(2)15-19)28-26(33)20-16-22(23-7-6-14-34-23)27-25-24(20)18(3)29-30(25)4/h6-9,14-16H,5,10-13H2,1-4H3,(H,28,33). The van der Waals surface area contributed by atoms with Crippen LogP contribution in [0.1, 0.15) is 28.5 Å². The Morgan fingerprint density at radius 3 is 2.59 bits per heavy atom. The largest absolute Gasteiger partial charge is 0.463 e. The van der Waals surface area contributed by atoms with Gasteiger partial charge >= 0.3 is 0 Å². The van der Waals surface area contributed by atoms with Crippen molar-refractivity contribution >= 4 is 28.3 Å². The van der Waals surface area contributed by atoms with E-state index in [-0.39, 0.29) is 5.91 Å². The summed E-state index contributed by atoms with van der Waals surface area (Å²) in [5.41, 5.74) is 5.57. The number of carbonyl (C=O) groups is 1. The fraction of sp³-hybridized carbons (Fsp3) is 0.346. The van der Waals surface area contributed by atoms with E-state index < -0.39 is 0 Å². The van der Waals surface area contributed by atoms with Gasteiger partial charge in [0.25, 0.3) is 5.91 Å². The molecular weight excluding hydrogens is 428 g/mol. The molecule has 4 heterocycles. The molecule has 3 aromatic heterocycles. The van der Waals surface area contributed by atoms with E-state index in [1.807, 2.05) is 39.1 Å². The monoisotopic (exact) mass is 458 g/mol. The highest BCUT2D eigenvalue weighted by atomic mass is 16.3. The van der Waals surface area contributed by atoms with E-state index in [0.717, 1.165) is 55.1 Å². The third kappa shape index (κ3) is 4.05. The fourth-order valence-corrected chi connectivity index (χ4v) is 4.67. The number of nitrogens with zero attached hydrogens (tertiary/aromatic N) is 5. The van der Waals surface area contributed by atoms with Crippen LogP contribution in [0.2, 0.25) is 0 Å². The smallest absolute Gasteiger partial charge is 0.256 e. The zero-order valence-corrected chi connectivity index (χ0v) is 20.1. The van der Waals surface area contributed by atoms with E-state index in [1.54, 1.807) is 17.0 Å². The molecule has 34 heavy (non-hydrogen) atoms. The molecule has 0 spiro atoms. The van der Waals surface area contributed by atoms with Crippen molar-refractivity contribution in [2.24, 2.45) is 7.05 Å². The average molecular weight is 459 g/mol. The summed E-state index contributed by atoms with van der Waals surface area (Å²) < 4.78 is 7.24. The number of carbonyl (C=O) groups excluding carboxylic acids is 1. The Bertz CT molecular complexity index is 1330. The van der Waals surface area contributed by atoms with Gasteiger partial charge in [0.1, 0.15) is 5.69 Å². The zero-order valence-electron chi connectivity index (χ0n) is 20.1. The average Bonchev–Trinajstić information content (AvgIpc) is 3.48. The first-order valence-electron chi connectivity index (χ1n) is 11.7. The second-order valence-corrected chi connectivity index (χ2v) is 8.81. The number of hydrogen-bond donors (Lipinski definition) is 1. The highest BCUT2D eigenvalue weighted by Crippen LogP contribution is 2.29. The van der Waals surface area contributed by atoms with Crippen LogP contribution in [-0.4, -0.2) is 58.3 Å². The van der Waals surface area contributed by atoms with Gasteiger partial charge in [-0.1, -0.05) is 6.92 Å². The molecule has 0 aliphatic carbocycles. The molecule has 176 valence electrons. The number of benzene rings is 1. The van der Waals surface area contributed by atoms with Crippen molar-refractivity contribution in [3.05, 3.63) is 59.5 Å². The van der Waals surface area contributed by atoms with Crippen molar-refractivity contribution in [3.63, 3.8) is 0 Å². The van der Waals surface area contributed by atoms with Crippen molar-refractivity contribution in [1.82, 2.24) is 19.7 Å². The molecule has 1 N–H and O–H groups in total. The van der Waals surface area contributed by atoms with Gasteiger partial charge in [-0.2, -0.15) is 5.10 Å². The van der Waals surface area contributed by atoms with E-state index in [4.69, 9.17) is 9.40 Å². The number of aryl methyl sites for hydroxylation is 3. The maximum Gasteiger partial charge on any atom is 0.256 e. The number of rotatable bonds is 5. The van der Waals surface area contributed by atoms with Gasteiger partial charge in [-0.05, 0) is 62.4 Å². The zero-order chi connectivity index (χ0) is 23.8. The lowest BCUT2D eigenvalue weighted by atomic mass is 10.1. The predicted molar refractivity (Wildman–Crippen MR) is 134 cm³/mol. The quantitative estimate of drug-likeness (QED) is 0.482. The van der Waals surface area contributed by atoms with Crippen LogP contribution >= 0.6 is 0 Å². The molecule has 0 atom stereocenters. The first kappa shape index (κ1) is 22.2. The normalized spacial score (nSPS) is 14.6. The lowest BCUT2D eigenvalue weighted by Gasteiger charge is -2.35. The van der Waals surface area contributed by atoms with Gasteiger partial charge in [-0.15, -0.1) is 0 Å². The third-order valence-corrected chi connectivity index (χ3v) is 6.63. The van der Waals surface area contributed by atoms with Gasteiger partial charge in [0.2, 0.25) is 0 Å². The minimum Gasteiger partial charge on any atom is -0.463 e. The van der Waals surface area contributed by atoms with Gasteiger partial charge < -0.3 is 19.5 Å². The number of aromatic nitrogens is 3. The molecule has 0 unspecified atom stereocenters. The molecule has 1 aliphatic rings. The summed E-state index contributed by atoms with van der Waals surface area (Å²) in [5, 5.41) is 8.35. The molecule has 4 aromatic rings. The lowest BCUT2D eigenvalue weighted by Crippen LogP contribution is -2.46. The Morgan fingerprint density at radius 1 is 1.12 bits per heavy atom. The van der Waals surface area contributed by atoms with E-state index in [2.05, 4.69) is 39.3 Å². The first-order chi connectivity index (χ1) is 16.4. The van der Waals surface area contributed by atoms with Crippen LogP contribution in [0.25, 0.3) is 22.5 Å². The fourth-order valence-electron chi connectivity index (χ4n) is 4.67. The molecule has 0 bridgehead atoms. The van der Waals surface area contributed by atoms with Crippen LogP contribution in [0.4, 0.5) is 11.4 Å². The van der Waals surface area contributed by atoms with Crippen molar-refractivity contribution < 1.29 is 9.21 Å². The molecule has 5 rings (SSSR count). The Kier molecular flexibility index (Phi) is 5.83. The Morgan fingerprint density at radius 2 is 1.91 bits per heavy atom. The van der Waals surface area contributed by atoms with E-state index in [1.165, 1.54) is 5.69 Å². The van der Waals surface area contributed by atoms with Crippen molar-refractivity contribution in [2.75, 3.05) is 42.9 Å². The summed E-state index contributed by atoms with van der Waals surface area (Å²) in [6.45, 7) is 11.4. The van der Waals surface area contributed by atoms with Crippen LogP contribution < -0.4 is 10.2 Å². The SMILES string of the molecule is CCN1CCN(c2ccc(NC(=O)c3cc(-c4ccco4)nc4c3c(C)nn4C)c(C)c2)CC1. The highest BCUT2D eigenvalue weighted by molar-refractivity contribution is 6.13. The third-order valence-electron chi connectivity index (χ3n) is 6.63. The molecule has 0 radical (unpaired) electrons. The number of likely N-dealkylation sites (N-methyl/N-ethyl adjacent to an activating group) is 1. The van der Waals surface area contributed by atoms with Gasteiger partial charge in [0, 0.05) is 44.6 Å². The topological polar surface area (TPSA) is 79.4 Å². The van der Waals surface area contributed by atoms with Crippen LogP contribution in [0, 0.1) is 13.8 Å². The summed E-state index contributed by atoms with van der Waals surface area (Å²) in [4.78, 5) is 23.1. The number of nitrogens with one attached hydrogen (secondary N) is 1. The van der Waals surface area contributed by atoms with Crippen LogP contribution in [-0.2, 0) is 7.05 Å². The van der Waals surface area contributed by atoms with Crippen molar-refractivity contribution in [1.29, 1.82) is 0 Å². The highest BCUT2D eigenvalue weighted by Gasteiger charge is 2.21. The van der Waals surface area contributed by atoms with Crippen LogP contribution in [0.5, 0.6) is 0 Å². The lowest BCUT2D eigenvalue weighted by molar-refractivity contribution is 0.102. The second kappa shape index (κ2) is 8.95. The number of fused-ring (bicyclic) bond motifs is 1. The predicted octanol–water partition coefficient (Wildman–Crippen LogP) is 4.24. The minimum atomic E-state index is -0.191. The van der Waals surface area contributed by atoms with Crippen LogP contribution in [0.15, 0.2) is 47.1 Å². The summed E-state index contributed by atoms with van der Waals surface area (Å²) >= 11 is 0. The summed E-state index contributed by atoms with van der Waals surface area (Å²) in [5.74, 6) is 0.419. The van der Waals surface area contributed by atoms with E-state index in [9.17, 15) is 4.79 Å². The molecule has 0 saturated carbocycles. The number of furan rings is 1. The van der Waals surface area contributed by atoms with Gasteiger partial charge in [-0.25, -0.2) is 4.98 Å². The molecule has 1 fully saturated rings. The van der Waals surface area contributed by atoms with Crippen molar-refractivity contribution in [3.8, 4) is 11.5 Å². The molecule has 1 aromatic carbocycles. The Balaban J connectivity index is 1.44. The maximum atomic E-state index is 13.5. The number of amides is 1. The molecular formula is C26H30N6O2. The van der Waals surface area contributed by atoms with Crippen LogP contribution in [0.3, 0.4) is 0 Å². The summed E-state index contributed by atoms with van der Waals surface area (Å²) in [6.07, 6.45) is 1.60. The number of piperazine rings is 1. The summed E-state index contributed by atoms with van der Waals surface area (Å²) in [6, 6.07) is 11.7. The number of hydrogen-bond acceptors (Lipinski definition) is 6. The van der Waals surface area contributed by atoms with Gasteiger partial charge in [0.05, 0.1) is 22.9 Å². The Hall–Kier alpha value is -3.65. The molecule has 1 aliphatic heterocycles. The maximum absolute atomic E-state index is 13.5. The minimum absolute atomic E-state index is 0.191. The van der Waals surface area contributed by atoms with Crippen molar-refractivity contribution in [2.45, 2.75) is 20.8 Å². The molecule has 8 heteroatoms. The Labute approximate surface area is 199 Å². The second-order valence-electron chi connectivity index (χ2n) is 8.81.